The van der Waals surface area contributed by atoms with Crippen molar-refractivity contribution in [1.82, 2.24) is 4.57 Å². The molecular weight excluding hydrogens is 186 g/mol. The Bertz CT molecular complexity index is 470. The number of nitrogens with zero attached hydrogens (tertiary/aromatic N) is 1. The van der Waals surface area contributed by atoms with E-state index in [-0.39, 0.29) is 0 Å². The Labute approximate surface area is 89.8 Å². The molecule has 0 spiro atoms. The van der Waals surface area contributed by atoms with Gasteiger partial charge in [-0.05, 0) is 17.7 Å². The van der Waals surface area contributed by atoms with E-state index < -0.39 is 0 Å². The second kappa shape index (κ2) is 4.32. The summed E-state index contributed by atoms with van der Waals surface area (Å²) in [5, 5.41) is 1.25. The predicted molar refractivity (Wildman–Crippen MR) is 63.9 cm³/mol. The van der Waals surface area contributed by atoms with Crippen LogP contribution in [0, 0.1) is 0 Å². The highest BCUT2D eigenvalue weighted by Gasteiger charge is 2.02. The van der Waals surface area contributed by atoms with Gasteiger partial charge in [-0.3, -0.25) is 0 Å². The van der Waals surface area contributed by atoms with E-state index in [4.69, 9.17) is 4.74 Å². The average molecular weight is 201 g/mol. The summed E-state index contributed by atoms with van der Waals surface area (Å²) in [4.78, 5) is 0. The van der Waals surface area contributed by atoms with Crippen LogP contribution in [0.1, 0.15) is 5.56 Å². The fourth-order valence-electron chi connectivity index (χ4n) is 1.81. The number of hydrogen-bond acceptors (Lipinski definition) is 1. The number of methoxy groups -OCH3 is 1. The topological polar surface area (TPSA) is 14.2 Å². The standard InChI is InChI=1S/C13H15NO/c1-3-11-5-4-6-13-12(11)7-8-14(13)9-10-15-2/h3-8H,1,9-10H2,2H3. The summed E-state index contributed by atoms with van der Waals surface area (Å²) in [5.41, 5.74) is 2.42. The van der Waals surface area contributed by atoms with E-state index in [1.54, 1.807) is 7.11 Å². The van der Waals surface area contributed by atoms with Crippen molar-refractivity contribution in [3.8, 4) is 0 Å². The highest BCUT2D eigenvalue weighted by Crippen LogP contribution is 2.20. The lowest BCUT2D eigenvalue weighted by atomic mass is 10.1. The molecule has 15 heavy (non-hydrogen) atoms. The van der Waals surface area contributed by atoms with Gasteiger partial charge in [-0.15, -0.1) is 0 Å². The van der Waals surface area contributed by atoms with Crippen LogP contribution in [0.2, 0.25) is 0 Å². The first-order valence-corrected chi connectivity index (χ1v) is 5.06. The van der Waals surface area contributed by atoms with Crippen LogP contribution in [0.15, 0.2) is 37.0 Å². The lowest BCUT2D eigenvalue weighted by Gasteiger charge is -2.04. The predicted octanol–water partition coefficient (Wildman–Crippen LogP) is 2.93. The van der Waals surface area contributed by atoms with Crippen molar-refractivity contribution in [2.45, 2.75) is 6.54 Å². The molecule has 0 aliphatic heterocycles. The van der Waals surface area contributed by atoms with Gasteiger partial charge in [-0.25, -0.2) is 0 Å². The molecule has 0 saturated heterocycles. The third-order valence-electron chi connectivity index (χ3n) is 2.60. The molecule has 1 heterocycles. The first-order valence-electron chi connectivity index (χ1n) is 5.06. The zero-order chi connectivity index (χ0) is 10.7. The van der Waals surface area contributed by atoms with Gasteiger partial charge in [0.1, 0.15) is 0 Å². The van der Waals surface area contributed by atoms with Crippen LogP contribution in [0.4, 0.5) is 0 Å². The SMILES string of the molecule is C=Cc1cccc2c1ccn2CCOC. The van der Waals surface area contributed by atoms with Gasteiger partial charge >= 0.3 is 0 Å². The van der Waals surface area contributed by atoms with Gasteiger partial charge < -0.3 is 9.30 Å². The number of rotatable bonds is 4. The number of benzene rings is 1. The molecule has 0 fully saturated rings. The molecule has 0 amide bonds. The molecule has 2 nitrogen and oxygen atoms in total. The Kier molecular flexibility index (Phi) is 2.88. The summed E-state index contributed by atoms with van der Waals surface area (Å²) in [7, 11) is 1.72. The highest BCUT2D eigenvalue weighted by molar-refractivity contribution is 5.88. The van der Waals surface area contributed by atoms with Crippen LogP contribution >= 0.6 is 0 Å². The number of hydrogen-bond donors (Lipinski definition) is 0. The van der Waals surface area contributed by atoms with E-state index in [1.807, 2.05) is 6.08 Å². The Morgan fingerprint density at radius 2 is 2.27 bits per heavy atom. The zero-order valence-corrected chi connectivity index (χ0v) is 8.94. The zero-order valence-electron chi connectivity index (χ0n) is 8.94. The third kappa shape index (κ3) is 1.81. The monoisotopic (exact) mass is 201 g/mol. The molecule has 2 aromatic rings. The van der Waals surface area contributed by atoms with Crippen LogP contribution in [0.3, 0.4) is 0 Å². The first kappa shape index (κ1) is 9.99. The second-order valence-corrected chi connectivity index (χ2v) is 3.49. The van der Waals surface area contributed by atoms with Crippen LogP contribution < -0.4 is 0 Å². The maximum absolute atomic E-state index is 5.08. The highest BCUT2D eigenvalue weighted by atomic mass is 16.5. The molecule has 0 saturated carbocycles. The Hall–Kier alpha value is -1.54. The molecule has 0 radical (unpaired) electrons. The van der Waals surface area contributed by atoms with E-state index in [0.29, 0.717) is 0 Å². The van der Waals surface area contributed by atoms with Gasteiger partial charge in [0.15, 0.2) is 0 Å². The maximum atomic E-state index is 5.08. The van der Waals surface area contributed by atoms with Crippen molar-refractivity contribution in [1.29, 1.82) is 0 Å². The minimum Gasteiger partial charge on any atom is -0.383 e. The minimum absolute atomic E-state index is 0.738. The van der Waals surface area contributed by atoms with Gasteiger partial charge in [-0.1, -0.05) is 24.8 Å². The normalized spacial score (nSPS) is 10.7. The van der Waals surface area contributed by atoms with Gasteiger partial charge in [-0.2, -0.15) is 0 Å². The summed E-state index contributed by atoms with van der Waals surface area (Å²) in [6.07, 6.45) is 3.99. The van der Waals surface area contributed by atoms with E-state index in [0.717, 1.165) is 13.2 Å². The van der Waals surface area contributed by atoms with E-state index in [1.165, 1.54) is 16.5 Å². The second-order valence-electron chi connectivity index (χ2n) is 3.49. The molecule has 1 aromatic carbocycles. The lowest BCUT2D eigenvalue weighted by molar-refractivity contribution is 0.188. The summed E-state index contributed by atoms with van der Waals surface area (Å²) < 4.78 is 7.28. The molecule has 78 valence electrons. The molecular formula is C13H15NO. The van der Waals surface area contributed by atoms with Gasteiger partial charge in [0.2, 0.25) is 0 Å². The number of ether oxygens (including phenoxy) is 1. The van der Waals surface area contributed by atoms with E-state index in [9.17, 15) is 0 Å². The maximum Gasteiger partial charge on any atom is 0.0641 e. The molecule has 2 rings (SSSR count). The summed E-state index contributed by atoms with van der Waals surface area (Å²) in [6.45, 7) is 5.45. The smallest absolute Gasteiger partial charge is 0.0641 e. The van der Waals surface area contributed by atoms with Crippen molar-refractivity contribution in [3.63, 3.8) is 0 Å². The average Bonchev–Trinajstić information content (AvgIpc) is 2.69. The van der Waals surface area contributed by atoms with Crippen molar-refractivity contribution in [3.05, 3.63) is 42.6 Å². The van der Waals surface area contributed by atoms with Crippen LogP contribution in [-0.4, -0.2) is 18.3 Å². The fourth-order valence-corrected chi connectivity index (χ4v) is 1.81. The summed E-state index contributed by atoms with van der Waals surface area (Å²) >= 11 is 0. The van der Waals surface area contributed by atoms with Crippen LogP contribution in [0.5, 0.6) is 0 Å². The van der Waals surface area contributed by atoms with Gasteiger partial charge in [0.05, 0.1) is 6.61 Å². The summed E-state index contributed by atoms with van der Waals surface area (Å²) in [5.74, 6) is 0. The molecule has 0 aliphatic carbocycles. The molecule has 2 heteroatoms. The largest absolute Gasteiger partial charge is 0.383 e. The molecule has 1 aromatic heterocycles. The molecule has 0 bridgehead atoms. The first-order chi connectivity index (χ1) is 7.36. The van der Waals surface area contributed by atoms with Gasteiger partial charge in [0, 0.05) is 30.8 Å². The third-order valence-corrected chi connectivity index (χ3v) is 2.60. The Balaban J connectivity index is 2.46. The Morgan fingerprint density at radius 3 is 3.00 bits per heavy atom. The fraction of sp³-hybridized carbons (Fsp3) is 0.231. The van der Waals surface area contributed by atoms with Crippen LogP contribution in [0.25, 0.3) is 17.0 Å². The number of fused-ring (bicyclic) bond motifs is 1. The van der Waals surface area contributed by atoms with Crippen molar-refractivity contribution in [2.24, 2.45) is 0 Å². The molecule has 0 atom stereocenters. The lowest BCUT2D eigenvalue weighted by Crippen LogP contribution is -2.02. The van der Waals surface area contributed by atoms with E-state index >= 15 is 0 Å². The minimum atomic E-state index is 0.738. The van der Waals surface area contributed by atoms with Crippen molar-refractivity contribution < 1.29 is 4.74 Å². The Morgan fingerprint density at radius 1 is 1.40 bits per heavy atom. The van der Waals surface area contributed by atoms with Crippen LogP contribution in [-0.2, 0) is 11.3 Å². The summed E-state index contributed by atoms with van der Waals surface area (Å²) in [6, 6.07) is 8.39. The van der Waals surface area contributed by atoms with Crippen molar-refractivity contribution >= 4 is 17.0 Å². The molecule has 0 aliphatic rings. The number of aromatic nitrogens is 1. The van der Waals surface area contributed by atoms with E-state index in [2.05, 4.69) is 41.6 Å². The molecule has 0 unspecified atom stereocenters. The van der Waals surface area contributed by atoms with Crippen molar-refractivity contribution in [2.75, 3.05) is 13.7 Å². The molecule has 0 N–H and O–H groups in total. The van der Waals surface area contributed by atoms with Gasteiger partial charge in [0.25, 0.3) is 0 Å². The quantitative estimate of drug-likeness (QED) is 0.741.